The average molecular weight is 799 g/mol. The first-order valence-electron chi connectivity index (χ1n) is 23.2. The van der Waals surface area contributed by atoms with Gasteiger partial charge in [-0.1, -0.05) is 186 Å². The number of quaternary nitrogens is 1. The lowest BCUT2D eigenvalue weighted by atomic mass is 10.0. The van der Waals surface area contributed by atoms with Crippen molar-refractivity contribution in [2.75, 3.05) is 40.9 Å². The number of carbonyl (C=O) groups is 1. The number of hydrogen-bond acceptors (Lipinski definition) is 6. The van der Waals surface area contributed by atoms with Gasteiger partial charge in [0, 0.05) is 6.42 Å². The molecule has 0 aliphatic rings. The quantitative estimate of drug-likeness (QED) is 0.0276. The van der Waals surface area contributed by atoms with E-state index < -0.39 is 20.0 Å². The summed E-state index contributed by atoms with van der Waals surface area (Å²) in [4.78, 5) is 25.3. The van der Waals surface area contributed by atoms with Crippen LogP contribution < -0.4 is 10.2 Å². The molecule has 1 amide bonds. The van der Waals surface area contributed by atoms with Gasteiger partial charge in [-0.15, -0.1) is 0 Å². The van der Waals surface area contributed by atoms with Crippen molar-refractivity contribution in [2.24, 2.45) is 0 Å². The van der Waals surface area contributed by atoms with Crippen molar-refractivity contribution in [3.63, 3.8) is 0 Å². The van der Waals surface area contributed by atoms with Crippen LogP contribution in [0.5, 0.6) is 0 Å². The summed E-state index contributed by atoms with van der Waals surface area (Å²) in [5.74, 6) is -0.203. The van der Waals surface area contributed by atoms with E-state index in [0.717, 1.165) is 38.5 Å². The van der Waals surface area contributed by atoms with Crippen molar-refractivity contribution in [1.82, 2.24) is 5.32 Å². The Hall–Kier alpha value is -1.02. The SMILES string of the molecule is CCCCCCCCCC/C=C/C(O)C(COP(=O)([O-])OCC[N+](C)(C)C)NC(=O)CCCCCCCCC/C=C\CCCCCCCCCCCCCC. The van der Waals surface area contributed by atoms with Gasteiger partial charge in [0.2, 0.25) is 5.91 Å². The summed E-state index contributed by atoms with van der Waals surface area (Å²) in [5, 5.41) is 13.7. The van der Waals surface area contributed by atoms with Crippen molar-refractivity contribution in [3.8, 4) is 0 Å². The third-order valence-corrected chi connectivity index (χ3v) is 11.4. The van der Waals surface area contributed by atoms with Gasteiger partial charge >= 0.3 is 0 Å². The van der Waals surface area contributed by atoms with Crippen LogP contribution in [0.15, 0.2) is 24.3 Å². The Kier molecular flexibility index (Phi) is 37.8. The van der Waals surface area contributed by atoms with Crippen LogP contribution in [0.1, 0.15) is 213 Å². The molecule has 8 nitrogen and oxygen atoms in total. The molecule has 9 heteroatoms. The highest BCUT2D eigenvalue weighted by molar-refractivity contribution is 7.45. The van der Waals surface area contributed by atoms with Crippen molar-refractivity contribution in [3.05, 3.63) is 24.3 Å². The van der Waals surface area contributed by atoms with E-state index in [0.29, 0.717) is 17.4 Å². The molecule has 3 unspecified atom stereocenters. The molecule has 0 rings (SSSR count). The van der Waals surface area contributed by atoms with Crippen LogP contribution >= 0.6 is 7.82 Å². The number of nitrogens with one attached hydrogen (secondary N) is 1. The molecule has 0 radical (unpaired) electrons. The molecule has 0 aliphatic heterocycles. The van der Waals surface area contributed by atoms with Gasteiger partial charge in [0.15, 0.2) is 0 Å². The number of phosphoric ester groups is 1. The van der Waals surface area contributed by atoms with Gasteiger partial charge in [-0.2, -0.15) is 0 Å². The first kappa shape index (κ1) is 54.0. The molecule has 0 aliphatic carbocycles. The summed E-state index contributed by atoms with van der Waals surface area (Å²) >= 11 is 0. The van der Waals surface area contributed by atoms with Crippen molar-refractivity contribution >= 4 is 13.7 Å². The number of aliphatic hydroxyl groups is 1. The van der Waals surface area contributed by atoms with E-state index in [9.17, 15) is 19.4 Å². The Bertz CT molecular complexity index is 953. The fraction of sp³-hybridized carbons (Fsp3) is 0.891. The first-order chi connectivity index (χ1) is 26.5. The predicted molar refractivity (Wildman–Crippen MR) is 233 cm³/mol. The molecule has 0 spiro atoms. The number of carbonyl (C=O) groups excluding carboxylic acids is 1. The third-order valence-electron chi connectivity index (χ3n) is 10.4. The van der Waals surface area contributed by atoms with Crippen LogP contribution in [0, 0.1) is 0 Å². The van der Waals surface area contributed by atoms with E-state index in [1.165, 1.54) is 154 Å². The number of rotatable bonds is 42. The Morgan fingerprint density at radius 1 is 0.618 bits per heavy atom. The number of phosphoric acid groups is 1. The van der Waals surface area contributed by atoms with Gasteiger partial charge in [0.1, 0.15) is 13.2 Å². The summed E-state index contributed by atoms with van der Waals surface area (Å²) in [5.41, 5.74) is 0. The molecule has 0 saturated heterocycles. The molecule has 0 heterocycles. The average Bonchev–Trinajstić information content (AvgIpc) is 3.13. The predicted octanol–water partition coefficient (Wildman–Crippen LogP) is 12.3. The van der Waals surface area contributed by atoms with Crippen LogP contribution in [-0.2, 0) is 18.4 Å². The van der Waals surface area contributed by atoms with Crippen LogP contribution in [0.3, 0.4) is 0 Å². The smallest absolute Gasteiger partial charge is 0.268 e. The number of amides is 1. The Morgan fingerprint density at radius 3 is 1.42 bits per heavy atom. The topological polar surface area (TPSA) is 108 Å². The van der Waals surface area contributed by atoms with Crippen molar-refractivity contribution in [2.45, 2.75) is 225 Å². The molecule has 326 valence electrons. The zero-order chi connectivity index (χ0) is 40.7. The summed E-state index contributed by atoms with van der Waals surface area (Å²) < 4.78 is 23.1. The maximum atomic E-state index is 12.8. The lowest BCUT2D eigenvalue weighted by molar-refractivity contribution is -0.870. The third kappa shape index (κ3) is 41.0. The largest absolute Gasteiger partial charge is 0.756 e. The van der Waals surface area contributed by atoms with Gasteiger partial charge in [-0.3, -0.25) is 9.36 Å². The van der Waals surface area contributed by atoms with E-state index in [1.807, 2.05) is 27.2 Å². The monoisotopic (exact) mass is 799 g/mol. The standard InChI is InChI=1S/C46H91N2O6P/c1-6-8-10-12-14-16-18-19-20-21-22-23-24-25-26-27-28-29-30-32-34-36-38-40-46(50)47-44(43-54-55(51,52)53-42-41-48(3,4)5)45(49)39-37-35-33-31-17-15-13-11-9-7-2/h25-26,37,39,44-45,49H,6-24,27-36,38,40-43H2,1-5H3,(H-,47,50,51,52)/b26-25-,39-37+. The van der Waals surface area contributed by atoms with Crippen LogP contribution in [0.25, 0.3) is 0 Å². The normalized spacial score (nSPS) is 14.5. The lowest BCUT2D eigenvalue weighted by Gasteiger charge is -2.29. The second kappa shape index (κ2) is 38.5. The molecule has 0 fully saturated rings. The zero-order valence-electron chi connectivity index (χ0n) is 36.9. The van der Waals surface area contributed by atoms with Crippen LogP contribution in [0.2, 0.25) is 0 Å². The molecule has 0 saturated carbocycles. The van der Waals surface area contributed by atoms with E-state index in [4.69, 9.17) is 9.05 Å². The zero-order valence-corrected chi connectivity index (χ0v) is 37.8. The molecule has 55 heavy (non-hydrogen) atoms. The summed E-state index contributed by atoms with van der Waals surface area (Å²) in [7, 11) is 1.26. The lowest BCUT2D eigenvalue weighted by Crippen LogP contribution is -2.45. The molecular formula is C46H91N2O6P. The van der Waals surface area contributed by atoms with Gasteiger partial charge in [0.25, 0.3) is 7.82 Å². The maximum Gasteiger partial charge on any atom is 0.268 e. The van der Waals surface area contributed by atoms with E-state index in [2.05, 4.69) is 31.3 Å². The molecule has 0 aromatic rings. The first-order valence-corrected chi connectivity index (χ1v) is 24.7. The van der Waals surface area contributed by atoms with E-state index in [-0.39, 0.29) is 19.1 Å². The molecule has 0 aromatic heterocycles. The second-order valence-electron chi connectivity index (χ2n) is 17.1. The van der Waals surface area contributed by atoms with Gasteiger partial charge in [0.05, 0.1) is 39.9 Å². The number of likely N-dealkylation sites (N-methyl/N-ethyl adjacent to an activating group) is 1. The fourth-order valence-corrected chi connectivity index (χ4v) is 7.40. The fourth-order valence-electron chi connectivity index (χ4n) is 6.68. The van der Waals surface area contributed by atoms with Crippen molar-refractivity contribution in [1.29, 1.82) is 0 Å². The van der Waals surface area contributed by atoms with E-state index >= 15 is 0 Å². The van der Waals surface area contributed by atoms with Gasteiger partial charge in [-0.25, -0.2) is 0 Å². The summed E-state index contributed by atoms with van der Waals surface area (Å²) in [6.07, 6.45) is 45.2. The summed E-state index contributed by atoms with van der Waals surface area (Å²) in [6, 6.07) is -0.884. The number of nitrogens with zero attached hydrogens (tertiary/aromatic N) is 1. The molecule has 2 N–H and O–H groups in total. The van der Waals surface area contributed by atoms with Gasteiger partial charge < -0.3 is 28.8 Å². The molecular weight excluding hydrogens is 707 g/mol. The van der Waals surface area contributed by atoms with E-state index in [1.54, 1.807) is 6.08 Å². The maximum absolute atomic E-state index is 12.8. The second-order valence-corrected chi connectivity index (χ2v) is 18.5. The minimum absolute atomic E-state index is 0.00104. The highest BCUT2D eigenvalue weighted by Gasteiger charge is 2.23. The number of hydrogen-bond donors (Lipinski definition) is 2. The van der Waals surface area contributed by atoms with Gasteiger partial charge in [-0.05, 0) is 44.9 Å². The Morgan fingerprint density at radius 2 is 1.00 bits per heavy atom. The van der Waals surface area contributed by atoms with Crippen LogP contribution in [-0.4, -0.2) is 68.5 Å². The summed E-state index contributed by atoms with van der Waals surface area (Å²) in [6.45, 7) is 4.63. The Labute approximate surface area is 341 Å². The molecule has 0 aromatic carbocycles. The van der Waals surface area contributed by atoms with Crippen molar-refractivity contribution < 1.29 is 32.9 Å². The molecule has 3 atom stereocenters. The number of allylic oxidation sites excluding steroid dienone is 3. The Balaban J connectivity index is 4.22. The minimum Gasteiger partial charge on any atom is -0.756 e. The molecule has 0 bridgehead atoms. The highest BCUT2D eigenvalue weighted by Crippen LogP contribution is 2.38. The number of unbranched alkanes of at least 4 members (excludes halogenated alkanes) is 27. The number of aliphatic hydroxyl groups excluding tert-OH is 1. The highest BCUT2D eigenvalue weighted by atomic mass is 31.2. The minimum atomic E-state index is -4.58. The van der Waals surface area contributed by atoms with Crippen LogP contribution in [0.4, 0.5) is 0 Å².